The van der Waals surface area contributed by atoms with Crippen molar-refractivity contribution < 1.29 is 9.66 Å². The fourth-order valence-corrected chi connectivity index (χ4v) is 2.58. The van der Waals surface area contributed by atoms with Gasteiger partial charge in [-0.3, -0.25) is 10.1 Å². The van der Waals surface area contributed by atoms with Gasteiger partial charge in [-0.15, -0.1) is 0 Å². The molecular formula is C18H12N6O3. The predicted molar refractivity (Wildman–Crippen MR) is 96.1 cm³/mol. The van der Waals surface area contributed by atoms with E-state index in [9.17, 15) is 10.1 Å². The Hall–Kier alpha value is -4.24. The summed E-state index contributed by atoms with van der Waals surface area (Å²) in [5.41, 5.74) is -0.504. The van der Waals surface area contributed by atoms with Gasteiger partial charge in [0.15, 0.2) is 0 Å². The van der Waals surface area contributed by atoms with Crippen LogP contribution in [0.5, 0.6) is 11.6 Å². The topological polar surface area (TPSA) is 129 Å². The minimum atomic E-state index is -0.683. The van der Waals surface area contributed by atoms with Gasteiger partial charge in [-0.1, -0.05) is 36.4 Å². The van der Waals surface area contributed by atoms with Gasteiger partial charge in [0.1, 0.15) is 25.2 Å². The number of rotatable bonds is 6. The van der Waals surface area contributed by atoms with Gasteiger partial charge in [0, 0.05) is 5.39 Å². The van der Waals surface area contributed by atoms with Crippen molar-refractivity contribution in [3.05, 3.63) is 58.9 Å². The number of hydrogen-bond acceptors (Lipinski definition) is 8. The summed E-state index contributed by atoms with van der Waals surface area (Å²) in [6.07, 6.45) is 1.10. The van der Waals surface area contributed by atoms with Crippen LogP contribution in [0.4, 0.5) is 11.5 Å². The van der Waals surface area contributed by atoms with E-state index in [4.69, 9.17) is 15.3 Å². The first kappa shape index (κ1) is 17.6. The van der Waals surface area contributed by atoms with Crippen molar-refractivity contribution in [1.82, 2.24) is 9.97 Å². The Morgan fingerprint density at radius 1 is 1.07 bits per heavy atom. The zero-order chi connectivity index (χ0) is 19.2. The number of ether oxygens (including phenoxy) is 1. The summed E-state index contributed by atoms with van der Waals surface area (Å²) in [7, 11) is 0. The van der Waals surface area contributed by atoms with E-state index in [2.05, 4.69) is 9.97 Å². The van der Waals surface area contributed by atoms with E-state index in [1.54, 1.807) is 12.1 Å². The van der Waals surface area contributed by atoms with Crippen molar-refractivity contribution in [2.45, 2.75) is 0 Å². The van der Waals surface area contributed by atoms with Gasteiger partial charge in [-0.2, -0.15) is 15.5 Å². The summed E-state index contributed by atoms with van der Waals surface area (Å²) in [5, 5.41) is 31.2. The molecule has 0 bridgehead atoms. The Kier molecular flexibility index (Phi) is 5.05. The second kappa shape index (κ2) is 7.76. The fraction of sp³-hybridized carbons (Fsp3) is 0.111. The van der Waals surface area contributed by atoms with Gasteiger partial charge >= 0.3 is 11.6 Å². The summed E-state index contributed by atoms with van der Waals surface area (Å²) in [4.78, 5) is 20.0. The van der Waals surface area contributed by atoms with Crippen molar-refractivity contribution in [3.63, 3.8) is 0 Å². The van der Waals surface area contributed by atoms with Crippen LogP contribution in [-0.4, -0.2) is 28.0 Å². The molecule has 3 rings (SSSR count). The molecule has 0 aliphatic carbocycles. The largest absolute Gasteiger partial charge is 0.433 e. The molecule has 0 N–H and O–H groups in total. The highest BCUT2D eigenvalue weighted by Gasteiger charge is 2.29. The number of nitrogens with zero attached hydrogens (tertiary/aromatic N) is 6. The Bertz CT molecular complexity index is 1070. The molecule has 9 heteroatoms. The molecule has 1 aromatic heterocycles. The molecule has 0 radical (unpaired) electrons. The lowest BCUT2D eigenvalue weighted by atomic mass is 10.1. The number of hydrogen-bond donors (Lipinski definition) is 0. The highest BCUT2D eigenvalue weighted by Crippen LogP contribution is 2.37. The molecule has 132 valence electrons. The van der Waals surface area contributed by atoms with Crippen LogP contribution in [-0.2, 0) is 0 Å². The van der Waals surface area contributed by atoms with E-state index in [0.717, 1.165) is 17.1 Å². The van der Waals surface area contributed by atoms with E-state index in [-0.39, 0.29) is 24.8 Å². The van der Waals surface area contributed by atoms with Crippen LogP contribution in [0.1, 0.15) is 0 Å². The molecule has 27 heavy (non-hydrogen) atoms. The zero-order valence-corrected chi connectivity index (χ0v) is 13.9. The first-order valence-electron chi connectivity index (χ1n) is 7.79. The minimum Gasteiger partial charge on any atom is -0.433 e. The Labute approximate surface area is 153 Å². The minimum absolute atomic E-state index is 0.145. The Morgan fingerprint density at radius 3 is 2.48 bits per heavy atom. The summed E-state index contributed by atoms with van der Waals surface area (Å²) in [6, 6.07) is 16.5. The number of nitriles is 2. The van der Waals surface area contributed by atoms with E-state index < -0.39 is 10.6 Å². The molecule has 0 amide bonds. The highest BCUT2D eigenvalue weighted by atomic mass is 16.6. The van der Waals surface area contributed by atoms with Gasteiger partial charge in [0.2, 0.25) is 5.82 Å². The van der Waals surface area contributed by atoms with Crippen molar-refractivity contribution in [2.75, 3.05) is 18.0 Å². The quantitative estimate of drug-likeness (QED) is 0.372. The standard InChI is InChI=1S/C18H12N6O3/c19-8-10-23(11-9-20)17-16(24(25)26)18(22-12-21-17)27-15-7-3-5-13-4-1-2-6-14(13)15/h1-7,12H,10-11H2. The molecule has 0 aliphatic heterocycles. The number of benzene rings is 2. The van der Waals surface area contributed by atoms with E-state index >= 15 is 0 Å². The SMILES string of the molecule is N#CCN(CC#N)c1ncnc(Oc2cccc3ccccc23)c1[N+](=O)[O-]. The van der Waals surface area contributed by atoms with E-state index in [1.807, 2.05) is 42.5 Å². The molecule has 0 fully saturated rings. The first-order valence-corrected chi connectivity index (χ1v) is 7.79. The van der Waals surface area contributed by atoms with Gasteiger partial charge in [-0.05, 0) is 11.5 Å². The van der Waals surface area contributed by atoms with E-state index in [1.165, 1.54) is 4.90 Å². The normalized spacial score (nSPS) is 10.0. The second-order valence-electron chi connectivity index (χ2n) is 5.36. The lowest BCUT2D eigenvalue weighted by Gasteiger charge is -2.17. The van der Waals surface area contributed by atoms with Crippen molar-refractivity contribution in [1.29, 1.82) is 10.5 Å². The Morgan fingerprint density at radius 2 is 1.78 bits per heavy atom. The third kappa shape index (κ3) is 3.57. The van der Waals surface area contributed by atoms with Crippen LogP contribution in [0.25, 0.3) is 10.8 Å². The molecule has 0 spiro atoms. The fourth-order valence-electron chi connectivity index (χ4n) is 2.58. The third-order valence-electron chi connectivity index (χ3n) is 3.73. The van der Waals surface area contributed by atoms with Crippen molar-refractivity contribution in [2.24, 2.45) is 0 Å². The molecule has 1 heterocycles. The molecular weight excluding hydrogens is 348 g/mol. The van der Waals surface area contributed by atoms with Crippen LogP contribution >= 0.6 is 0 Å². The predicted octanol–water partition coefficient (Wildman–Crippen LogP) is 3.18. The molecule has 0 atom stereocenters. The van der Waals surface area contributed by atoms with Gasteiger partial charge in [-0.25, -0.2) is 4.98 Å². The monoisotopic (exact) mass is 360 g/mol. The van der Waals surface area contributed by atoms with Crippen LogP contribution in [0.3, 0.4) is 0 Å². The zero-order valence-electron chi connectivity index (χ0n) is 13.9. The number of anilines is 1. The van der Waals surface area contributed by atoms with Crippen LogP contribution in [0.15, 0.2) is 48.8 Å². The average molecular weight is 360 g/mol. The van der Waals surface area contributed by atoms with Crippen molar-refractivity contribution >= 4 is 22.3 Å². The van der Waals surface area contributed by atoms with Crippen LogP contribution in [0, 0.1) is 32.8 Å². The molecule has 0 aliphatic rings. The molecule has 0 saturated heterocycles. The summed E-state index contributed by atoms with van der Waals surface area (Å²) >= 11 is 0. The lowest BCUT2D eigenvalue weighted by Crippen LogP contribution is -2.26. The maximum atomic E-state index is 11.7. The van der Waals surface area contributed by atoms with Crippen molar-refractivity contribution in [3.8, 4) is 23.8 Å². The smallest absolute Gasteiger partial charge is 0.373 e. The van der Waals surface area contributed by atoms with Crippen LogP contribution < -0.4 is 9.64 Å². The maximum absolute atomic E-state index is 11.7. The molecule has 3 aromatic rings. The second-order valence-corrected chi connectivity index (χ2v) is 5.36. The van der Waals surface area contributed by atoms with Crippen LogP contribution in [0.2, 0.25) is 0 Å². The maximum Gasteiger partial charge on any atom is 0.373 e. The molecule has 0 saturated carbocycles. The molecule has 9 nitrogen and oxygen atoms in total. The molecule has 2 aromatic carbocycles. The summed E-state index contributed by atoms with van der Waals surface area (Å²) in [5.74, 6) is -0.0106. The van der Waals surface area contributed by atoms with Gasteiger partial charge in [0.25, 0.3) is 0 Å². The molecule has 0 unspecified atom stereocenters. The first-order chi connectivity index (χ1) is 13.2. The lowest BCUT2D eigenvalue weighted by molar-refractivity contribution is -0.385. The number of aromatic nitrogens is 2. The Balaban J connectivity index is 2.11. The number of fused-ring (bicyclic) bond motifs is 1. The average Bonchev–Trinajstić information content (AvgIpc) is 2.68. The van der Waals surface area contributed by atoms with E-state index in [0.29, 0.717) is 5.75 Å². The van der Waals surface area contributed by atoms with Gasteiger partial charge < -0.3 is 9.64 Å². The summed E-state index contributed by atoms with van der Waals surface area (Å²) in [6.45, 7) is -0.474. The third-order valence-corrected chi connectivity index (χ3v) is 3.73. The highest BCUT2D eigenvalue weighted by molar-refractivity contribution is 5.88. The summed E-state index contributed by atoms with van der Waals surface area (Å²) < 4.78 is 5.75. The number of nitro groups is 1. The van der Waals surface area contributed by atoms with Gasteiger partial charge in [0.05, 0.1) is 17.1 Å².